The number of nitrogens with zero attached hydrogens (tertiary/aromatic N) is 1. The van der Waals surface area contributed by atoms with Crippen LogP contribution < -0.4 is 5.32 Å². The molecule has 1 amide bonds. The van der Waals surface area contributed by atoms with Crippen LogP contribution in [0.1, 0.15) is 26.6 Å². The molecule has 2 aromatic heterocycles. The zero-order chi connectivity index (χ0) is 17.3. The second-order valence-electron chi connectivity index (χ2n) is 5.22. The molecule has 0 unspecified atom stereocenters. The number of nitriles is 1. The lowest BCUT2D eigenvalue weighted by molar-refractivity contribution is 0.0998. The predicted octanol–water partition coefficient (Wildman–Crippen LogP) is 5.51. The van der Waals surface area contributed by atoms with E-state index in [-0.39, 0.29) is 11.7 Å². The third-order valence-corrected chi connectivity index (χ3v) is 5.33. The number of nitrogens with one attached hydrogen (secondary N) is 1. The molecule has 0 aliphatic rings. The third kappa shape index (κ3) is 3.14. The number of aryl methyl sites for hydroxylation is 1. The smallest absolute Gasteiger partial charge is 0.292 e. The van der Waals surface area contributed by atoms with Crippen LogP contribution in [-0.2, 0) is 0 Å². The first-order chi connectivity index (χ1) is 11.5. The molecule has 1 aromatic carbocycles. The van der Waals surface area contributed by atoms with E-state index in [1.807, 2.05) is 38.1 Å². The molecule has 3 rings (SSSR count). The third-order valence-electron chi connectivity index (χ3n) is 3.68. The lowest BCUT2D eigenvalue weighted by Crippen LogP contribution is -2.10. The number of anilines is 1. The number of halogens is 1. The van der Waals surface area contributed by atoms with Gasteiger partial charge in [-0.2, -0.15) is 5.26 Å². The van der Waals surface area contributed by atoms with E-state index in [9.17, 15) is 10.1 Å². The highest BCUT2D eigenvalue weighted by atomic mass is 79.9. The molecule has 1 N–H and O–H groups in total. The molecule has 0 saturated carbocycles. The summed E-state index contributed by atoms with van der Waals surface area (Å²) < 4.78 is 6.62. The first kappa shape index (κ1) is 16.5. The maximum Gasteiger partial charge on any atom is 0.292 e. The average molecular weight is 401 g/mol. The van der Waals surface area contributed by atoms with Crippen molar-refractivity contribution < 1.29 is 9.21 Å². The second kappa shape index (κ2) is 6.63. The Balaban J connectivity index is 1.83. The maximum absolute atomic E-state index is 12.4. The molecule has 0 saturated heterocycles. The van der Waals surface area contributed by atoms with E-state index >= 15 is 0 Å². The number of thiophene rings is 1. The zero-order valence-electron chi connectivity index (χ0n) is 13.0. The van der Waals surface area contributed by atoms with Crippen molar-refractivity contribution in [3.63, 3.8) is 0 Å². The lowest BCUT2D eigenvalue weighted by atomic mass is 10.2. The minimum atomic E-state index is -0.365. The molecular weight excluding hydrogens is 388 g/mol. The molecule has 120 valence electrons. The van der Waals surface area contributed by atoms with E-state index in [2.05, 4.69) is 27.3 Å². The number of hydrogen-bond donors (Lipinski definition) is 1. The summed E-state index contributed by atoms with van der Waals surface area (Å²) in [5, 5.41) is 12.6. The van der Waals surface area contributed by atoms with E-state index in [1.54, 1.807) is 12.1 Å². The van der Waals surface area contributed by atoms with Crippen LogP contribution in [0.4, 0.5) is 5.00 Å². The fourth-order valence-corrected chi connectivity index (χ4v) is 3.51. The molecule has 24 heavy (non-hydrogen) atoms. The quantitative estimate of drug-likeness (QED) is 0.629. The van der Waals surface area contributed by atoms with Crippen LogP contribution in [0.5, 0.6) is 0 Å². The fourth-order valence-electron chi connectivity index (χ4n) is 2.24. The molecule has 0 bridgehead atoms. The highest BCUT2D eigenvalue weighted by Crippen LogP contribution is 2.32. The van der Waals surface area contributed by atoms with Gasteiger partial charge in [-0.25, -0.2) is 0 Å². The first-order valence-corrected chi connectivity index (χ1v) is 8.77. The maximum atomic E-state index is 12.4. The Morgan fingerprint density at radius 2 is 1.92 bits per heavy atom. The summed E-state index contributed by atoms with van der Waals surface area (Å²) in [6, 6.07) is 13.2. The van der Waals surface area contributed by atoms with Gasteiger partial charge in [0.1, 0.15) is 16.8 Å². The standard InChI is InChI=1S/C18H13BrN2O2S/c1-10-11(2)24-18(14(10)9-20)21-17(22)16-8-7-15(23-16)12-3-5-13(19)6-4-12/h3-8H,1-2H3,(H,21,22). The zero-order valence-corrected chi connectivity index (χ0v) is 15.4. The Morgan fingerprint density at radius 1 is 1.21 bits per heavy atom. The summed E-state index contributed by atoms with van der Waals surface area (Å²) in [5.41, 5.74) is 2.29. The number of benzene rings is 1. The SMILES string of the molecule is Cc1sc(NC(=O)c2ccc(-c3ccc(Br)cc3)o2)c(C#N)c1C. The van der Waals surface area contributed by atoms with Crippen molar-refractivity contribution >= 4 is 38.2 Å². The van der Waals surface area contributed by atoms with Crippen molar-refractivity contribution in [3.8, 4) is 17.4 Å². The molecule has 2 heterocycles. The van der Waals surface area contributed by atoms with E-state index < -0.39 is 0 Å². The monoisotopic (exact) mass is 400 g/mol. The van der Waals surface area contributed by atoms with Gasteiger partial charge in [0.2, 0.25) is 0 Å². The van der Waals surface area contributed by atoms with Crippen molar-refractivity contribution in [3.05, 3.63) is 62.6 Å². The molecular formula is C18H13BrN2O2S. The minimum absolute atomic E-state index is 0.209. The normalized spacial score (nSPS) is 10.4. The van der Waals surface area contributed by atoms with Gasteiger partial charge in [-0.05, 0) is 43.7 Å². The Morgan fingerprint density at radius 3 is 2.58 bits per heavy atom. The Labute approximate surface area is 151 Å². The van der Waals surface area contributed by atoms with Crippen LogP contribution in [0.3, 0.4) is 0 Å². The van der Waals surface area contributed by atoms with Gasteiger partial charge < -0.3 is 9.73 Å². The molecule has 0 spiro atoms. The van der Waals surface area contributed by atoms with Gasteiger partial charge in [-0.1, -0.05) is 28.1 Å². The first-order valence-electron chi connectivity index (χ1n) is 7.17. The summed E-state index contributed by atoms with van der Waals surface area (Å²) in [4.78, 5) is 13.4. The lowest BCUT2D eigenvalue weighted by Gasteiger charge is -2.01. The number of furan rings is 1. The van der Waals surface area contributed by atoms with Gasteiger partial charge in [0.15, 0.2) is 5.76 Å². The summed E-state index contributed by atoms with van der Waals surface area (Å²) in [6.45, 7) is 3.80. The molecule has 3 aromatic rings. The van der Waals surface area contributed by atoms with Crippen molar-refractivity contribution in [2.45, 2.75) is 13.8 Å². The molecule has 0 radical (unpaired) electrons. The summed E-state index contributed by atoms with van der Waals surface area (Å²) in [6.07, 6.45) is 0. The number of amides is 1. The van der Waals surface area contributed by atoms with Crippen molar-refractivity contribution in [2.75, 3.05) is 5.32 Å². The average Bonchev–Trinajstić information content (AvgIpc) is 3.14. The minimum Gasteiger partial charge on any atom is -0.451 e. The van der Waals surface area contributed by atoms with Gasteiger partial charge in [-0.3, -0.25) is 4.79 Å². The molecule has 0 aliphatic heterocycles. The van der Waals surface area contributed by atoms with Crippen LogP contribution >= 0.6 is 27.3 Å². The predicted molar refractivity (Wildman–Crippen MR) is 98.3 cm³/mol. The van der Waals surface area contributed by atoms with E-state index in [0.717, 1.165) is 20.5 Å². The van der Waals surface area contributed by atoms with Crippen LogP contribution in [0.25, 0.3) is 11.3 Å². The molecule has 0 aliphatic carbocycles. The van der Waals surface area contributed by atoms with Crippen LogP contribution in [0.2, 0.25) is 0 Å². The summed E-state index contributed by atoms with van der Waals surface area (Å²) >= 11 is 4.78. The Kier molecular flexibility index (Phi) is 4.56. The Hall–Kier alpha value is -2.36. The fraction of sp³-hybridized carbons (Fsp3) is 0.111. The number of hydrogen-bond acceptors (Lipinski definition) is 4. The number of carbonyl (C=O) groups is 1. The molecule has 4 nitrogen and oxygen atoms in total. The highest BCUT2D eigenvalue weighted by Gasteiger charge is 2.18. The molecule has 6 heteroatoms. The van der Waals surface area contributed by atoms with Gasteiger partial charge in [0.25, 0.3) is 5.91 Å². The summed E-state index contributed by atoms with van der Waals surface area (Å²) in [5.74, 6) is 0.461. The van der Waals surface area contributed by atoms with Gasteiger partial charge in [0, 0.05) is 14.9 Å². The van der Waals surface area contributed by atoms with Gasteiger partial charge in [-0.15, -0.1) is 11.3 Å². The van der Waals surface area contributed by atoms with Gasteiger partial charge in [0.05, 0.1) is 5.56 Å². The highest BCUT2D eigenvalue weighted by molar-refractivity contribution is 9.10. The van der Waals surface area contributed by atoms with Crippen molar-refractivity contribution in [1.29, 1.82) is 5.26 Å². The van der Waals surface area contributed by atoms with Crippen LogP contribution in [0, 0.1) is 25.2 Å². The molecule has 0 atom stereocenters. The van der Waals surface area contributed by atoms with E-state index in [0.29, 0.717) is 16.3 Å². The van der Waals surface area contributed by atoms with E-state index in [4.69, 9.17) is 4.42 Å². The Bertz CT molecular complexity index is 949. The van der Waals surface area contributed by atoms with Crippen molar-refractivity contribution in [2.24, 2.45) is 0 Å². The van der Waals surface area contributed by atoms with Gasteiger partial charge >= 0.3 is 0 Å². The van der Waals surface area contributed by atoms with Crippen LogP contribution in [-0.4, -0.2) is 5.91 Å². The number of rotatable bonds is 3. The topological polar surface area (TPSA) is 66.0 Å². The molecule has 0 fully saturated rings. The van der Waals surface area contributed by atoms with E-state index in [1.165, 1.54) is 11.3 Å². The number of carbonyl (C=O) groups excluding carboxylic acids is 1. The largest absolute Gasteiger partial charge is 0.451 e. The second-order valence-corrected chi connectivity index (χ2v) is 7.36. The van der Waals surface area contributed by atoms with Crippen LogP contribution in [0.15, 0.2) is 45.3 Å². The summed E-state index contributed by atoms with van der Waals surface area (Å²) in [7, 11) is 0. The van der Waals surface area contributed by atoms with Crippen molar-refractivity contribution in [1.82, 2.24) is 0 Å².